The zero-order valence-electron chi connectivity index (χ0n) is 30.9. The Morgan fingerprint density at radius 1 is 0.345 bits per heavy atom. The van der Waals surface area contributed by atoms with Gasteiger partial charge in [0.25, 0.3) is 0 Å². The molecule has 0 atom stereocenters. The quantitative estimate of drug-likeness (QED) is 0.132. The highest BCUT2D eigenvalue weighted by Crippen LogP contribution is 2.36. The molecule has 1 aliphatic rings. The Bertz CT molecular complexity index is 1840. The Kier molecular flexibility index (Phi) is 13.7. The summed E-state index contributed by atoms with van der Waals surface area (Å²) in [6.07, 6.45) is 0.535. The van der Waals surface area contributed by atoms with E-state index in [-0.39, 0.29) is 0 Å². The molecule has 0 bridgehead atoms. The van der Waals surface area contributed by atoms with Gasteiger partial charge >= 0.3 is 0 Å². The number of halogens is 16. The molecule has 5 rings (SSSR count). The van der Waals surface area contributed by atoms with Crippen molar-refractivity contribution < 1.29 is 94.1 Å². The molecule has 0 amide bonds. The molecule has 0 aromatic heterocycles. The van der Waals surface area contributed by atoms with Gasteiger partial charge in [0.2, 0.25) is 46.5 Å². The van der Waals surface area contributed by atoms with Crippen LogP contribution in [0, 0.1) is 93.1 Å². The van der Waals surface area contributed by atoms with Gasteiger partial charge < -0.3 is 23.8 Å². The topological polar surface area (TPSA) is 41.4 Å². The standard InChI is InChI=1S/C28H12BF16O4.C8H17N/c1-46-25-17(38)9(30)5(10(31)18(25)39)29(6-11(32)19(40)26(47-2)20(41)12(6)33,7-13(34)21(42)27(48-3)22(43)14(7)35)8-15(36)23(44)28(49-4)24(45)16(8)37;1-9(2)8-6-4-3-5-7-8/h1-4H3;8H,3-7H2,1-2H3/q-1;/p+1. The van der Waals surface area contributed by atoms with Crippen molar-refractivity contribution in [2.45, 2.75) is 38.1 Å². The summed E-state index contributed by atoms with van der Waals surface area (Å²) < 4.78 is 267. The summed E-state index contributed by atoms with van der Waals surface area (Å²) in [6.45, 7) is 0. The molecule has 5 nitrogen and oxygen atoms in total. The minimum atomic E-state index is -6.80. The fourth-order valence-electron chi connectivity index (χ4n) is 7.30. The molecule has 0 unspecified atom stereocenters. The normalized spacial score (nSPS) is 13.4. The van der Waals surface area contributed by atoms with E-state index in [0.29, 0.717) is 28.4 Å². The van der Waals surface area contributed by atoms with Crippen molar-refractivity contribution in [3.8, 4) is 23.0 Å². The van der Waals surface area contributed by atoms with Crippen molar-refractivity contribution in [1.82, 2.24) is 0 Å². The Balaban J connectivity index is 0.000000727. The molecule has 0 radical (unpaired) electrons. The number of ether oxygens (including phenoxy) is 4. The van der Waals surface area contributed by atoms with E-state index in [4.69, 9.17) is 0 Å². The van der Waals surface area contributed by atoms with Crippen LogP contribution in [0.4, 0.5) is 70.2 Å². The van der Waals surface area contributed by atoms with Crippen molar-refractivity contribution >= 4 is 28.0 Å². The van der Waals surface area contributed by atoms with E-state index in [2.05, 4.69) is 33.0 Å². The van der Waals surface area contributed by atoms with Crippen LogP contribution < -0.4 is 45.7 Å². The summed E-state index contributed by atoms with van der Waals surface area (Å²) in [5.74, 6) is -57.7. The van der Waals surface area contributed by atoms with Gasteiger partial charge in [-0.05, 0) is 25.7 Å². The van der Waals surface area contributed by atoms with Gasteiger partial charge in [0.15, 0.2) is 23.0 Å². The Hall–Kier alpha value is -5.02. The third-order valence-electron chi connectivity index (χ3n) is 10.00. The molecule has 1 N–H and O–H groups in total. The van der Waals surface area contributed by atoms with Gasteiger partial charge in [-0.3, -0.25) is 0 Å². The third-order valence-corrected chi connectivity index (χ3v) is 10.00. The van der Waals surface area contributed by atoms with Crippen LogP contribution in [-0.4, -0.2) is 54.7 Å². The Labute approximate surface area is 319 Å². The first-order chi connectivity index (χ1) is 27.2. The zero-order valence-corrected chi connectivity index (χ0v) is 30.9. The second-order valence-corrected chi connectivity index (χ2v) is 13.1. The number of benzene rings is 4. The predicted octanol–water partition coefficient (Wildman–Crippen LogP) is 5.79. The van der Waals surface area contributed by atoms with Crippen LogP contribution in [0.5, 0.6) is 23.0 Å². The smallest absolute Gasteiger partial charge is 0.200 e. The molecule has 0 spiro atoms. The predicted molar refractivity (Wildman–Crippen MR) is 175 cm³/mol. The molecule has 0 aliphatic heterocycles. The van der Waals surface area contributed by atoms with Gasteiger partial charge in [0.05, 0.1) is 48.6 Å². The monoisotopic (exact) mass is 855 g/mol. The molecule has 58 heavy (non-hydrogen) atoms. The lowest BCUT2D eigenvalue weighted by atomic mass is 9.12. The summed E-state index contributed by atoms with van der Waals surface area (Å²) in [7, 11) is 5.85. The number of rotatable bonds is 9. The molecule has 318 valence electrons. The fraction of sp³-hybridized carbons (Fsp3) is 0.333. The van der Waals surface area contributed by atoms with Gasteiger partial charge in [0, 0.05) is 0 Å². The van der Waals surface area contributed by atoms with E-state index in [1.165, 1.54) is 32.1 Å². The Morgan fingerprint density at radius 3 is 0.672 bits per heavy atom. The average molecular weight is 855 g/mol. The van der Waals surface area contributed by atoms with Crippen LogP contribution in [0.1, 0.15) is 32.1 Å². The zero-order chi connectivity index (χ0) is 43.9. The van der Waals surface area contributed by atoms with Gasteiger partial charge in [-0.1, -0.05) is 6.42 Å². The van der Waals surface area contributed by atoms with Crippen molar-refractivity contribution in [3.63, 3.8) is 0 Å². The molecule has 1 fully saturated rings. The highest BCUT2D eigenvalue weighted by molar-refractivity contribution is 7.20. The molecule has 22 heteroatoms. The fourth-order valence-corrected chi connectivity index (χ4v) is 7.30. The van der Waals surface area contributed by atoms with E-state index in [9.17, 15) is 0 Å². The van der Waals surface area contributed by atoms with Crippen LogP contribution in [0.2, 0.25) is 0 Å². The molecule has 0 heterocycles. The summed E-state index contributed by atoms with van der Waals surface area (Å²) in [4.78, 5) is 1.65. The van der Waals surface area contributed by atoms with Crippen LogP contribution in [-0.2, 0) is 0 Å². The van der Waals surface area contributed by atoms with E-state index in [1.807, 2.05) is 0 Å². The number of quaternary nitrogens is 1. The van der Waals surface area contributed by atoms with E-state index in [1.54, 1.807) is 4.90 Å². The summed E-state index contributed by atoms with van der Waals surface area (Å²) in [5.41, 5.74) is -12.6. The van der Waals surface area contributed by atoms with E-state index in [0.717, 1.165) is 6.04 Å². The second kappa shape index (κ2) is 17.5. The SMILES string of the molecule is COc1c(F)c(F)c([B-](c2c(F)c(F)c(OC)c(F)c2F)(c2c(F)c(F)c(OC)c(F)c2F)c2c(F)c(F)c(OC)c(F)c2F)c(F)c1F.C[NH+](C)C1CCCCC1. The number of methoxy groups -OCH3 is 4. The second-order valence-electron chi connectivity index (χ2n) is 13.1. The molecule has 4 aromatic carbocycles. The third kappa shape index (κ3) is 6.99. The molecule has 4 aromatic rings. The molecular weight excluding hydrogens is 825 g/mol. The van der Waals surface area contributed by atoms with Crippen LogP contribution in [0.15, 0.2) is 0 Å². The van der Waals surface area contributed by atoms with E-state index >= 15 is 70.2 Å². The lowest BCUT2D eigenvalue weighted by Crippen LogP contribution is -3.10. The lowest BCUT2D eigenvalue weighted by Gasteiger charge is -2.45. The van der Waals surface area contributed by atoms with Crippen LogP contribution >= 0.6 is 0 Å². The van der Waals surface area contributed by atoms with Gasteiger partial charge in [-0.2, -0.15) is 35.1 Å². The summed E-state index contributed by atoms with van der Waals surface area (Å²) in [6, 6.07) is 0.971. The van der Waals surface area contributed by atoms with Gasteiger partial charge in [-0.25, -0.2) is 35.1 Å². The number of nitrogens with one attached hydrogen (secondary N) is 1. The van der Waals surface area contributed by atoms with Crippen molar-refractivity contribution in [2.75, 3.05) is 42.5 Å². The maximum Gasteiger partial charge on any atom is 0.200 e. The van der Waals surface area contributed by atoms with Crippen LogP contribution in [0.3, 0.4) is 0 Å². The maximum atomic E-state index is 16.1. The molecule has 1 aliphatic carbocycles. The van der Waals surface area contributed by atoms with Gasteiger partial charge in [-0.15, -0.1) is 21.9 Å². The minimum Gasteiger partial charge on any atom is -0.491 e. The summed E-state index contributed by atoms with van der Waals surface area (Å²) >= 11 is 0. The number of hydrogen-bond donors (Lipinski definition) is 1. The van der Waals surface area contributed by atoms with E-state index < -0.39 is 144 Å². The highest BCUT2D eigenvalue weighted by atomic mass is 19.2. The summed E-state index contributed by atoms with van der Waals surface area (Å²) in [5, 5.41) is 0. The Morgan fingerprint density at radius 2 is 0.534 bits per heavy atom. The first kappa shape index (κ1) is 45.7. The number of hydrogen-bond acceptors (Lipinski definition) is 4. The molecular formula is C36H30BF16NO4. The molecule has 1 saturated carbocycles. The first-order valence-electron chi connectivity index (χ1n) is 16.7. The maximum absolute atomic E-state index is 16.1. The minimum absolute atomic E-state index is 0.327. The van der Waals surface area contributed by atoms with Gasteiger partial charge in [0.1, 0.15) is 52.7 Å². The average Bonchev–Trinajstić information content (AvgIpc) is 3.19. The first-order valence-corrected chi connectivity index (χ1v) is 16.7. The van der Waals surface area contributed by atoms with Crippen molar-refractivity contribution in [3.05, 3.63) is 93.1 Å². The lowest BCUT2D eigenvalue weighted by molar-refractivity contribution is -0.887. The van der Waals surface area contributed by atoms with Crippen LogP contribution in [0.25, 0.3) is 0 Å². The largest absolute Gasteiger partial charge is 0.491 e. The highest BCUT2D eigenvalue weighted by Gasteiger charge is 2.52. The molecule has 0 saturated heterocycles. The van der Waals surface area contributed by atoms with Crippen molar-refractivity contribution in [2.24, 2.45) is 0 Å². The van der Waals surface area contributed by atoms with Crippen molar-refractivity contribution in [1.29, 1.82) is 0 Å².